The minimum absolute atomic E-state index is 0.0118. The molecular weight excluding hydrogens is 338 g/mol. The van der Waals surface area contributed by atoms with Crippen molar-refractivity contribution in [2.75, 3.05) is 20.2 Å². The number of aliphatic hydroxyl groups excluding tert-OH is 2. The van der Waals surface area contributed by atoms with E-state index in [1.54, 1.807) is 19.3 Å². The highest BCUT2D eigenvalue weighted by Gasteiger charge is 2.19. The van der Waals surface area contributed by atoms with Crippen molar-refractivity contribution in [3.63, 3.8) is 0 Å². The number of likely N-dealkylation sites (N-methyl/N-ethyl adjacent to an activating group) is 1. The molecule has 7 heteroatoms. The van der Waals surface area contributed by atoms with Crippen molar-refractivity contribution in [2.24, 2.45) is 0 Å². The summed E-state index contributed by atoms with van der Waals surface area (Å²) in [6.45, 7) is 3.26. The molecule has 0 bridgehead atoms. The molecule has 1 aromatic carbocycles. The Morgan fingerprint density at radius 1 is 1.23 bits per heavy atom. The van der Waals surface area contributed by atoms with E-state index < -0.39 is 18.3 Å². The lowest BCUT2D eigenvalue weighted by atomic mass is 10.0. The van der Waals surface area contributed by atoms with Crippen LogP contribution in [0.4, 0.5) is 0 Å². The van der Waals surface area contributed by atoms with Gasteiger partial charge < -0.3 is 23.9 Å². The van der Waals surface area contributed by atoms with Gasteiger partial charge in [0.1, 0.15) is 11.2 Å². The van der Waals surface area contributed by atoms with E-state index in [1.807, 2.05) is 13.0 Å². The van der Waals surface area contributed by atoms with Gasteiger partial charge in [-0.05, 0) is 31.0 Å². The zero-order chi connectivity index (χ0) is 19.0. The van der Waals surface area contributed by atoms with Gasteiger partial charge in [-0.2, -0.15) is 0 Å². The van der Waals surface area contributed by atoms with Crippen LogP contribution in [0.3, 0.4) is 0 Å². The van der Waals surface area contributed by atoms with Crippen molar-refractivity contribution in [1.82, 2.24) is 4.90 Å². The van der Waals surface area contributed by atoms with Crippen LogP contribution in [0.15, 0.2) is 32.0 Å². The summed E-state index contributed by atoms with van der Waals surface area (Å²) in [6.07, 6.45) is 0.486. The summed E-state index contributed by atoms with van der Waals surface area (Å²) < 4.78 is 10.8. The molecule has 1 amide bonds. The summed E-state index contributed by atoms with van der Waals surface area (Å²) in [5, 5.41) is 20.0. The zero-order valence-electron chi connectivity index (χ0n) is 14.9. The third-order valence-corrected chi connectivity index (χ3v) is 4.62. The molecule has 0 aliphatic heterocycles. The number of carbonyl (C=O) groups excluding carboxylic acids is 1. The first-order valence-electron chi connectivity index (χ1n) is 8.28. The second-order valence-corrected chi connectivity index (χ2v) is 6.54. The molecule has 7 nitrogen and oxygen atoms in total. The Kier molecular flexibility index (Phi) is 4.84. The maximum atomic E-state index is 12.4. The van der Waals surface area contributed by atoms with Crippen molar-refractivity contribution in [3.05, 3.63) is 45.5 Å². The summed E-state index contributed by atoms with van der Waals surface area (Å²) in [5.41, 5.74) is 2.43. The topological polar surface area (TPSA) is 104 Å². The molecule has 0 aliphatic rings. The van der Waals surface area contributed by atoms with E-state index in [-0.39, 0.29) is 24.4 Å². The number of furan rings is 1. The van der Waals surface area contributed by atoms with Crippen molar-refractivity contribution >= 4 is 27.8 Å². The fourth-order valence-corrected chi connectivity index (χ4v) is 3.00. The molecule has 3 rings (SSSR count). The third-order valence-electron chi connectivity index (χ3n) is 4.62. The first-order chi connectivity index (χ1) is 12.3. The highest BCUT2D eigenvalue weighted by atomic mass is 16.4. The maximum Gasteiger partial charge on any atom is 0.340 e. The molecule has 0 radical (unpaired) electrons. The second-order valence-electron chi connectivity index (χ2n) is 6.54. The van der Waals surface area contributed by atoms with Crippen molar-refractivity contribution < 1.29 is 23.8 Å². The Labute approximate surface area is 149 Å². The number of hydrogen-bond acceptors (Lipinski definition) is 6. The van der Waals surface area contributed by atoms with E-state index in [4.69, 9.17) is 13.9 Å². The number of aliphatic hydroxyl groups is 2. The van der Waals surface area contributed by atoms with Gasteiger partial charge in [0.25, 0.3) is 0 Å². The largest absolute Gasteiger partial charge is 0.464 e. The number of hydrogen-bond donors (Lipinski definition) is 2. The van der Waals surface area contributed by atoms with E-state index in [0.717, 1.165) is 16.3 Å². The summed E-state index contributed by atoms with van der Waals surface area (Å²) in [7, 11) is 1.51. The Morgan fingerprint density at radius 3 is 2.65 bits per heavy atom. The van der Waals surface area contributed by atoms with Gasteiger partial charge in [-0.15, -0.1) is 0 Å². The lowest BCUT2D eigenvalue weighted by molar-refractivity contribution is -0.130. The minimum Gasteiger partial charge on any atom is -0.464 e. The molecule has 2 aromatic heterocycles. The van der Waals surface area contributed by atoms with E-state index in [1.165, 1.54) is 11.9 Å². The number of amides is 1. The number of benzene rings is 1. The molecule has 2 heterocycles. The van der Waals surface area contributed by atoms with Crippen LogP contribution in [0.5, 0.6) is 0 Å². The number of aryl methyl sites for hydroxylation is 2. The van der Waals surface area contributed by atoms with Gasteiger partial charge >= 0.3 is 5.63 Å². The highest BCUT2D eigenvalue weighted by Crippen LogP contribution is 2.28. The van der Waals surface area contributed by atoms with Gasteiger partial charge in [0.2, 0.25) is 5.91 Å². The van der Waals surface area contributed by atoms with Gasteiger partial charge in [-0.1, -0.05) is 0 Å². The molecule has 0 spiro atoms. The fraction of sp³-hybridized carbons (Fsp3) is 0.368. The van der Waals surface area contributed by atoms with E-state index >= 15 is 0 Å². The molecule has 0 saturated carbocycles. The first kappa shape index (κ1) is 18.2. The summed E-state index contributed by atoms with van der Waals surface area (Å²) >= 11 is 0. The highest BCUT2D eigenvalue weighted by molar-refractivity contribution is 5.96. The van der Waals surface area contributed by atoms with E-state index in [9.17, 15) is 14.7 Å². The molecule has 2 N–H and O–H groups in total. The third kappa shape index (κ3) is 3.23. The average Bonchev–Trinajstić information content (AvgIpc) is 2.97. The van der Waals surface area contributed by atoms with Crippen LogP contribution in [-0.4, -0.2) is 47.3 Å². The van der Waals surface area contributed by atoms with Gasteiger partial charge in [0.15, 0.2) is 0 Å². The molecule has 138 valence electrons. The fourth-order valence-electron chi connectivity index (χ4n) is 3.00. The van der Waals surface area contributed by atoms with Crippen LogP contribution in [0.2, 0.25) is 0 Å². The molecular formula is C19H21NO6. The Bertz CT molecular complexity index is 1030. The van der Waals surface area contributed by atoms with Crippen LogP contribution in [0, 0.1) is 13.8 Å². The SMILES string of the molecule is Cc1coc2cc3oc(=O)c(CC(=O)N(C)C[C@H](O)CO)c(C)c3cc12. The molecule has 0 unspecified atom stereocenters. The standard InChI is InChI=1S/C19H21NO6/c1-10-9-25-16-6-17-14(4-13(10)16)11(2)15(19(24)26-17)5-18(23)20(3)7-12(22)8-21/h4,6,9,12,21-22H,5,7-8H2,1-3H3/t12-/m0/s1. The average molecular weight is 359 g/mol. The summed E-state index contributed by atoms with van der Waals surface area (Å²) in [6, 6.07) is 3.58. The molecule has 3 aromatic rings. The van der Waals surface area contributed by atoms with Gasteiger partial charge in [-0.25, -0.2) is 4.79 Å². The van der Waals surface area contributed by atoms with Crippen LogP contribution in [-0.2, 0) is 11.2 Å². The number of carbonyl (C=O) groups is 1. The van der Waals surface area contributed by atoms with Gasteiger partial charge in [0.05, 0.1) is 31.0 Å². The molecule has 0 fully saturated rings. The smallest absolute Gasteiger partial charge is 0.340 e. The van der Waals surface area contributed by atoms with Crippen LogP contribution < -0.4 is 5.63 Å². The summed E-state index contributed by atoms with van der Waals surface area (Å²) in [5.74, 6) is -0.340. The lowest BCUT2D eigenvalue weighted by Crippen LogP contribution is -2.37. The Morgan fingerprint density at radius 2 is 1.96 bits per heavy atom. The first-order valence-corrected chi connectivity index (χ1v) is 8.28. The summed E-state index contributed by atoms with van der Waals surface area (Å²) in [4.78, 5) is 26.0. The van der Waals surface area contributed by atoms with Crippen molar-refractivity contribution in [1.29, 1.82) is 0 Å². The maximum absolute atomic E-state index is 12.4. The molecule has 0 saturated heterocycles. The number of fused-ring (bicyclic) bond motifs is 2. The number of rotatable bonds is 5. The quantitative estimate of drug-likeness (QED) is 0.669. The molecule has 1 atom stereocenters. The Balaban J connectivity index is 2.00. The van der Waals surface area contributed by atoms with E-state index in [0.29, 0.717) is 16.7 Å². The monoisotopic (exact) mass is 359 g/mol. The zero-order valence-corrected chi connectivity index (χ0v) is 14.9. The van der Waals surface area contributed by atoms with Crippen LogP contribution in [0.1, 0.15) is 16.7 Å². The predicted octanol–water partition coefficient (Wildman–Crippen LogP) is 1.51. The molecule has 26 heavy (non-hydrogen) atoms. The molecule has 0 aliphatic carbocycles. The Hall–Kier alpha value is -2.64. The van der Waals surface area contributed by atoms with E-state index in [2.05, 4.69) is 0 Å². The van der Waals surface area contributed by atoms with Crippen LogP contribution >= 0.6 is 0 Å². The predicted molar refractivity (Wildman–Crippen MR) is 96.2 cm³/mol. The van der Waals surface area contributed by atoms with Crippen LogP contribution in [0.25, 0.3) is 21.9 Å². The number of nitrogens with zero attached hydrogens (tertiary/aromatic N) is 1. The minimum atomic E-state index is -1.02. The van der Waals surface area contributed by atoms with Gasteiger partial charge in [-0.3, -0.25) is 4.79 Å². The van der Waals surface area contributed by atoms with Crippen molar-refractivity contribution in [2.45, 2.75) is 26.4 Å². The van der Waals surface area contributed by atoms with Gasteiger partial charge in [0, 0.05) is 30.4 Å². The lowest BCUT2D eigenvalue weighted by Gasteiger charge is -2.20. The van der Waals surface area contributed by atoms with Crippen molar-refractivity contribution in [3.8, 4) is 0 Å². The normalized spacial score (nSPS) is 12.7. The second kappa shape index (κ2) is 6.93.